The van der Waals surface area contributed by atoms with Crippen LogP contribution in [0.25, 0.3) is 10.9 Å². The Morgan fingerprint density at radius 1 is 1.05 bits per heavy atom. The van der Waals surface area contributed by atoms with Gasteiger partial charge in [-0.15, -0.1) is 0 Å². The van der Waals surface area contributed by atoms with Crippen molar-refractivity contribution in [2.75, 3.05) is 23.7 Å². The molecule has 0 fully saturated rings. The molecule has 108 valence electrons. The molecule has 4 heteroatoms. The highest BCUT2D eigenvalue weighted by molar-refractivity contribution is 5.89. The molecule has 20 heavy (non-hydrogen) atoms. The van der Waals surface area contributed by atoms with Crippen LogP contribution in [0.15, 0.2) is 24.3 Å². The van der Waals surface area contributed by atoms with Crippen molar-refractivity contribution in [3.8, 4) is 0 Å². The summed E-state index contributed by atoms with van der Waals surface area (Å²) in [5.41, 5.74) is 1.29. The molecule has 1 aromatic carbocycles. The van der Waals surface area contributed by atoms with Crippen LogP contribution in [0.3, 0.4) is 0 Å². The normalized spacial score (nSPS) is 11.6. The van der Waals surface area contributed by atoms with Gasteiger partial charge < -0.3 is 10.6 Å². The number of nitrogens with zero attached hydrogens (tertiary/aromatic N) is 2. The van der Waals surface area contributed by atoms with E-state index in [0.717, 1.165) is 36.2 Å². The second kappa shape index (κ2) is 6.07. The van der Waals surface area contributed by atoms with Gasteiger partial charge in [-0.1, -0.05) is 32.9 Å². The predicted molar refractivity (Wildman–Crippen MR) is 86.3 cm³/mol. The van der Waals surface area contributed by atoms with Gasteiger partial charge in [0.2, 0.25) is 5.95 Å². The molecular weight excluding hydrogens is 248 g/mol. The quantitative estimate of drug-likeness (QED) is 0.866. The third-order valence-corrected chi connectivity index (χ3v) is 3.11. The lowest BCUT2D eigenvalue weighted by Gasteiger charge is -2.19. The van der Waals surface area contributed by atoms with Crippen LogP contribution >= 0.6 is 0 Å². The minimum absolute atomic E-state index is 0.320. The zero-order chi connectivity index (χ0) is 14.6. The lowest BCUT2D eigenvalue weighted by molar-refractivity contribution is 0.389. The average molecular weight is 272 g/mol. The van der Waals surface area contributed by atoms with Crippen LogP contribution in [0.4, 0.5) is 11.8 Å². The highest BCUT2D eigenvalue weighted by Gasteiger charge is 2.11. The fourth-order valence-electron chi connectivity index (χ4n) is 2.00. The van der Waals surface area contributed by atoms with Gasteiger partial charge in [0.1, 0.15) is 5.82 Å². The van der Waals surface area contributed by atoms with E-state index < -0.39 is 0 Å². The highest BCUT2D eigenvalue weighted by Crippen LogP contribution is 2.23. The minimum atomic E-state index is 0.320. The maximum Gasteiger partial charge on any atom is 0.225 e. The second-order valence-electron chi connectivity index (χ2n) is 6.18. The van der Waals surface area contributed by atoms with Crippen LogP contribution < -0.4 is 10.6 Å². The van der Waals surface area contributed by atoms with Crippen LogP contribution in [-0.2, 0) is 0 Å². The number of aromatic nitrogens is 2. The first kappa shape index (κ1) is 14.6. The molecule has 4 nitrogen and oxygen atoms in total. The summed E-state index contributed by atoms with van der Waals surface area (Å²) in [6, 6.07) is 8.11. The summed E-state index contributed by atoms with van der Waals surface area (Å²) in [6.07, 6.45) is 1.10. The molecule has 2 rings (SSSR count). The van der Waals surface area contributed by atoms with E-state index in [1.54, 1.807) is 0 Å². The van der Waals surface area contributed by atoms with Crippen molar-refractivity contribution in [3.05, 3.63) is 24.3 Å². The third kappa shape index (κ3) is 3.83. The molecule has 2 aromatic rings. The van der Waals surface area contributed by atoms with Gasteiger partial charge >= 0.3 is 0 Å². The van der Waals surface area contributed by atoms with E-state index in [2.05, 4.69) is 47.4 Å². The number of para-hydroxylation sites is 1. The molecular formula is C16H24N4. The van der Waals surface area contributed by atoms with Gasteiger partial charge in [-0.2, -0.15) is 4.98 Å². The lowest BCUT2D eigenvalue weighted by Crippen LogP contribution is -2.14. The van der Waals surface area contributed by atoms with E-state index in [-0.39, 0.29) is 0 Å². The first-order valence-electron chi connectivity index (χ1n) is 7.24. The molecule has 0 bridgehead atoms. The summed E-state index contributed by atoms with van der Waals surface area (Å²) >= 11 is 0. The standard InChI is InChI=1S/C16H24N4/c1-5-17-15-19-13-9-7-6-8-12(13)14(20-15)18-11-10-16(2,3)4/h6-9H,5,10-11H2,1-4H3,(H2,17,18,19,20). The summed E-state index contributed by atoms with van der Waals surface area (Å²) in [6.45, 7) is 10.5. The Morgan fingerprint density at radius 3 is 2.50 bits per heavy atom. The van der Waals surface area contributed by atoms with Crippen molar-refractivity contribution < 1.29 is 0 Å². The first-order valence-corrected chi connectivity index (χ1v) is 7.24. The van der Waals surface area contributed by atoms with Crippen LogP contribution in [0.1, 0.15) is 34.1 Å². The minimum Gasteiger partial charge on any atom is -0.369 e. The molecule has 2 N–H and O–H groups in total. The van der Waals surface area contributed by atoms with Gasteiger partial charge in [0, 0.05) is 18.5 Å². The van der Waals surface area contributed by atoms with Crippen molar-refractivity contribution >= 4 is 22.7 Å². The summed E-state index contributed by atoms with van der Waals surface area (Å²) < 4.78 is 0. The fraction of sp³-hybridized carbons (Fsp3) is 0.500. The van der Waals surface area contributed by atoms with Crippen LogP contribution in [-0.4, -0.2) is 23.1 Å². The van der Waals surface area contributed by atoms with E-state index in [4.69, 9.17) is 0 Å². The Labute approximate surface area is 121 Å². The molecule has 0 radical (unpaired) electrons. The van der Waals surface area contributed by atoms with Crippen molar-refractivity contribution in [2.24, 2.45) is 5.41 Å². The van der Waals surface area contributed by atoms with Gasteiger partial charge in [-0.3, -0.25) is 0 Å². The summed E-state index contributed by atoms with van der Waals surface area (Å²) in [5, 5.41) is 7.71. The smallest absolute Gasteiger partial charge is 0.225 e. The zero-order valence-corrected chi connectivity index (χ0v) is 12.8. The maximum absolute atomic E-state index is 4.58. The Morgan fingerprint density at radius 2 is 1.80 bits per heavy atom. The summed E-state index contributed by atoms with van der Waals surface area (Å²) in [5.74, 6) is 1.60. The molecule has 0 saturated carbocycles. The van der Waals surface area contributed by atoms with Crippen LogP contribution in [0.5, 0.6) is 0 Å². The van der Waals surface area contributed by atoms with Crippen LogP contribution in [0.2, 0.25) is 0 Å². The summed E-state index contributed by atoms with van der Waals surface area (Å²) in [4.78, 5) is 9.10. The number of benzene rings is 1. The zero-order valence-electron chi connectivity index (χ0n) is 12.8. The Kier molecular flexibility index (Phi) is 4.42. The molecule has 0 atom stereocenters. The van der Waals surface area contributed by atoms with E-state index in [1.807, 2.05) is 25.1 Å². The summed E-state index contributed by atoms with van der Waals surface area (Å²) in [7, 11) is 0. The molecule has 0 unspecified atom stereocenters. The largest absolute Gasteiger partial charge is 0.369 e. The fourth-order valence-corrected chi connectivity index (χ4v) is 2.00. The Bertz CT molecular complexity index is 572. The topological polar surface area (TPSA) is 49.8 Å². The van der Waals surface area contributed by atoms with Crippen molar-refractivity contribution in [1.29, 1.82) is 0 Å². The second-order valence-corrected chi connectivity index (χ2v) is 6.18. The van der Waals surface area contributed by atoms with Gasteiger partial charge in [0.05, 0.1) is 5.52 Å². The Balaban J connectivity index is 2.25. The van der Waals surface area contributed by atoms with Crippen molar-refractivity contribution in [3.63, 3.8) is 0 Å². The SMILES string of the molecule is CCNc1nc(NCCC(C)(C)C)c2ccccc2n1. The maximum atomic E-state index is 4.58. The average Bonchev–Trinajstić information content (AvgIpc) is 2.37. The van der Waals surface area contributed by atoms with Gasteiger partial charge in [0.15, 0.2) is 0 Å². The molecule has 0 saturated heterocycles. The van der Waals surface area contributed by atoms with E-state index in [0.29, 0.717) is 11.4 Å². The van der Waals surface area contributed by atoms with Crippen molar-refractivity contribution in [1.82, 2.24) is 9.97 Å². The number of fused-ring (bicyclic) bond motifs is 1. The van der Waals surface area contributed by atoms with Gasteiger partial charge in [0.25, 0.3) is 0 Å². The highest BCUT2D eigenvalue weighted by atomic mass is 15.1. The Hall–Kier alpha value is -1.84. The lowest BCUT2D eigenvalue weighted by atomic mass is 9.92. The molecule has 1 heterocycles. The molecule has 0 spiro atoms. The van der Waals surface area contributed by atoms with Crippen molar-refractivity contribution in [2.45, 2.75) is 34.1 Å². The first-order chi connectivity index (χ1) is 9.49. The van der Waals surface area contributed by atoms with Gasteiger partial charge in [-0.05, 0) is 30.9 Å². The molecule has 0 aliphatic rings. The third-order valence-electron chi connectivity index (χ3n) is 3.11. The monoisotopic (exact) mass is 272 g/mol. The van der Waals surface area contributed by atoms with Gasteiger partial charge in [-0.25, -0.2) is 4.98 Å². The number of rotatable bonds is 5. The molecule has 0 aliphatic heterocycles. The number of hydrogen-bond acceptors (Lipinski definition) is 4. The number of hydrogen-bond donors (Lipinski definition) is 2. The number of anilines is 2. The number of nitrogens with one attached hydrogen (secondary N) is 2. The molecule has 0 amide bonds. The van der Waals surface area contributed by atoms with Crippen LogP contribution in [0, 0.1) is 5.41 Å². The predicted octanol–water partition coefficient (Wildman–Crippen LogP) is 3.91. The van der Waals surface area contributed by atoms with E-state index >= 15 is 0 Å². The molecule has 0 aliphatic carbocycles. The van der Waals surface area contributed by atoms with E-state index in [9.17, 15) is 0 Å². The molecule has 1 aromatic heterocycles. The van der Waals surface area contributed by atoms with E-state index in [1.165, 1.54) is 0 Å².